The second kappa shape index (κ2) is 9.08. The molecule has 2 aliphatic carbocycles. The maximum Gasteiger partial charge on any atom is 0.326 e. The molecule has 1 saturated carbocycles. The fourth-order valence-corrected chi connectivity index (χ4v) is 7.13. The van der Waals surface area contributed by atoms with E-state index in [9.17, 15) is 14.7 Å². The average Bonchev–Trinajstić information content (AvgIpc) is 3.18. The van der Waals surface area contributed by atoms with Gasteiger partial charge in [-0.15, -0.1) is 0 Å². The molecule has 1 N–H and O–H groups in total. The summed E-state index contributed by atoms with van der Waals surface area (Å²) in [6.07, 6.45) is 11.5. The van der Waals surface area contributed by atoms with E-state index in [2.05, 4.69) is 22.9 Å². The first-order valence-corrected chi connectivity index (χ1v) is 13.4. The number of aromatic nitrogens is 2. The van der Waals surface area contributed by atoms with Gasteiger partial charge in [-0.1, -0.05) is 30.2 Å². The van der Waals surface area contributed by atoms with Crippen molar-refractivity contribution in [1.82, 2.24) is 14.5 Å². The van der Waals surface area contributed by atoms with Gasteiger partial charge >= 0.3 is 5.97 Å². The van der Waals surface area contributed by atoms with Crippen LogP contribution in [0.1, 0.15) is 64.3 Å². The predicted octanol–water partition coefficient (Wildman–Crippen LogP) is 4.22. The fourth-order valence-electron chi connectivity index (χ4n) is 7.13. The number of piperidine rings is 1. The largest absolute Gasteiger partial charge is 0.480 e. The van der Waals surface area contributed by atoms with E-state index in [1.54, 1.807) is 10.5 Å². The molecule has 1 aromatic carbocycles. The molecule has 2 aliphatic heterocycles. The van der Waals surface area contributed by atoms with Crippen LogP contribution in [0.4, 0.5) is 5.82 Å². The second-order valence-corrected chi connectivity index (χ2v) is 11.1. The molecular weight excluding hydrogens is 440 g/mol. The number of allylic oxidation sites excluding steroid dienone is 2. The number of fused-ring (bicyclic) bond motifs is 3. The minimum absolute atomic E-state index is 0.113. The number of carboxylic acids is 1. The van der Waals surface area contributed by atoms with Crippen molar-refractivity contribution in [2.75, 3.05) is 24.5 Å². The number of benzene rings is 1. The molecule has 1 aromatic heterocycles. The predicted molar refractivity (Wildman–Crippen MR) is 137 cm³/mol. The lowest BCUT2D eigenvalue weighted by Gasteiger charge is -2.41. The van der Waals surface area contributed by atoms with Gasteiger partial charge in [-0.3, -0.25) is 4.79 Å². The molecule has 7 heteroatoms. The van der Waals surface area contributed by atoms with Crippen LogP contribution in [-0.2, 0) is 4.79 Å². The molecule has 2 saturated heterocycles. The summed E-state index contributed by atoms with van der Waals surface area (Å²) in [5, 5.41) is 9.54. The number of hydrogen-bond donors (Lipinski definition) is 1. The van der Waals surface area contributed by atoms with Gasteiger partial charge < -0.3 is 19.5 Å². The van der Waals surface area contributed by atoms with Crippen molar-refractivity contribution in [3.05, 3.63) is 46.3 Å². The lowest BCUT2D eigenvalue weighted by atomic mass is 9.85. The van der Waals surface area contributed by atoms with Crippen LogP contribution in [-0.4, -0.2) is 57.2 Å². The van der Waals surface area contributed by atoms with Crippen LogP contribution >= 0.6 is 0 Å². The van der Waals surface area contributed by atoms with E-state index in [-0.39, 0.29) is 11.6 Å². The monoisotopic (exact) mass is 476 g/mol. The highest BCUT2D eigenvalue weighted by molar-refractivity contribution is 5.81. The highest BCUT2D eigenvalue weighted by Crippen LogP contribution is 2.40. The molecule has 2 aromatic rings. The second-order valence-electron chi connectivity index (χ2n) is 11.1. The SMILES string of the molecule is CC1=C[C@@H]2C[C@H]1CCC[C@H](N1CCC(n3c(=O)c(N4CC[C@H]4C(=O)O)nc4ccccc43)CC1)C2. The Morgan fingerprint density at radius 3 is 2.54 bits per heavy atom. The highest BCUT2D eigenvalue weighted by Gasteiger charge is 2.38. The molecule has 186 valence electrons. The van der Waals surface area contributed by atoms with E-state index in [0.29, 0.717) is 24.8 Å². The summed E-state index contributed by atoms with van der Waals surface area (Å²) in [5.74, 6) is 0.960. The molecule has 3 fully saturated rings. The third-order valence-corrected chi connectivity index (χ3v) is 9.13. The molecule has 3 heterocycles. The van der Waals surface area contributed by atoms with Crippen molar-refractivity contribution in [2.24, 2.45) is 11.8 Å². The van der Waals surface area contributed by atoms with Gasteiger partial charge in [-0.25, -0.2) is 9.78 Å². The number of carbonyl (C=O) groups is 1. The Kier molecular flexibility index (Phi) is 5.91. The molecule has 0 amide bonds. The molecule has 0 spiro atoms. The van der Waals surface area contributed by atoms with Crippen molar-refractivity contribution < 1.29 is 9.90 Å². The Labute approximate surface area is 206 Å². The zero-order valence-electron chi connectivity index (χ0n) is 20.6. The Balaban J connectivity index is 1.24. The van der Waals surface area contributed by atoms with Crippen molar-refractivity contribution >= 4 is 22.8 Å². The molecular formula is C28H36N4O3. The first kappa shape index (κ1) is 22.8. The van der Waals surface area contributed by atoms with Crippen molar-refractivity contribution in [2.45, 2.75) is 76.4 Å². The summed E-state index contributed by atoms with van der Waals surface area (Å²) in [7, 11) is 0. The standard InChI is InChI=1S/C28H36N4O3/c1-18-15-19-16-20(18)5-4-6-22(17-19)30-12-9-21(10-13-30)32-24-8-3-2-7-23(24)29-26(27(32)33)31-14-11-25(31)28(34)35/h2-3,7-8,15,19-22,25H,4-6,9-14,16-17H2,1H3,(H,34,35)/t19-,20-,22+,25+/m1/s1. The maximum atomic E-state index is 13.7. The van der Waals surface area contributed by atoms with Crippen LogP contribution in [0.3, 0.4) is 0 Å². The minimum Gasteiger partial charge on any atom is -0.480 e. The van der Waals surface area contributed by atoms with E-state index in [0.717, 1.165) is 48.8 Å². The average molecular weight is 477 g/mol. The van der Waals surface area contributed by atoms with Gasteiger partial charge in [0.25, 0.3) is 5.56 Å². The molecule has 0 radical (unpaired) electrons. The maximum absolute atomic E-state index is 13.7. The van der Waals surface area contributed by atoms with E-state index in [1.165, 1.54) is 32.1 Å². The molecule has 2 bridgehead atoms. The van der Waals surface area contributed by atoms with Crippen LogP contribution in [0, 0.1) is 11.8 Å². The van der Waals surface area contributed by atoms with E-state index in [1.807, 2.05) is 28.8 Å². The van der Waals surface area contributed by atoms with Crippen LogP contribution < -0.4 is 10.5 Å². The van der Waals surface area contributed by atoms with Gasteiger partial charge in [0.1, 0.15) is 6.04 Å². The Morgan fingerprint density at radius 2 is 1.80 bits per heavy atom. The fraction of sp³-hybridized carbons (Fsp3) is 0.607. The van der Waals surface area contributed by atoms with Crippen molar-refractivity contribution in [3.8, 4) is 0 Å². The van der Waals surface area contributed by atoms with Crippen molar-refractivity contribution in [3.63, 3.8) is 0 Å². The van der Waals surface area contributed by atoms with Crippen LogP contribution in [0.25, 0.3) is 11.0 Å². The number of nitrogens with zero attached hydrogens (tertiary/aromatic N) is 4. The number of aliphatic carboxylic acids is 1. The minimum atomic E-state index is -0.886. The number of anilines is 1. The molecule has 7 nitrogen and oxygen atoms in total. The Hall–Kier alpha value is -2.67. The molecule has 4 atom stereocenters. The zero-order chi connectivity index (χ0) is 24.1. The van der Waals surface area contributed by atoms with E-state index >= 15 is 0 Å². The van der Waals surface area contributed by atoms with Gasteiger partial charge in [0.05, 0.1) is 11.0 Å². The van der Waals surface area contributed by atoms with Gasteiger partial charge in [-0.2, -0.15) is 0 Å². The van der Waals surface area contributed by atoms with Crippen molar-refractivity contribution in [1.29, 1.82) is 0 Å². The number of likely N-dealkylation sites (tertiary alicyclic amines) is 1. The summed E-state index contributed by atoms with van der Waals surface area (Å²) >= 11 is 0. The van der Waals surface area contributed by atoms with E-state index in [4.69, 9.17) is 0 Å². The normalized spacial score (nSPS) is 30.0. The lowest BCUT2D eigenvalue weighted by Crippen LogP contribution is -2.55. The summed E-state index contributed by atoms with van der Waals surface area (Å²) in [6.45, 7) is 4.90. The quantitative estimate of drug-likeness (QED) is 0.666. The van der Waals surface area contributed by atoms with Gasteiger partial charge in [-0.05, 0) is 75.8 Å². The summed E-state index contributed by atoms with van der Waals surface area (Å²) in [5.41, 5.74) is 3.09. The third-order valence-electron chi connectivity index (χ3n) is 9.13. The van der Waals surface area contributed by atoms with Gasteiger partial charge in [0.2, 0.25) is 0 Å². The van der Waals surface area contributed by atoms with Crippen LogP contribution in [0.15, 0.2) is 40.7 Å². The summed E-state index contributed by atoms with van der Waals surface area (Å²) in [4.78, 5) is 34.3. The first-order chi connectivity index (χ1) is 17.0. The summed E-state index contributed by atoms with van der Waals surface area (Å²) < 4.78 is 1.93. The summed E-state index contributed by atoms with van der Waals surface area (Å²) in [6, 6.07) is 7.89. The third kappa shape index (κ3) is 4.07. The topological polar surface area (TPSA) is 78.7 Å². The zero-order valence-corrected chi connectivity index (χ0v) is 20.6. The van der Waals surface area contributed by atoms with Gasteiger partial charge in [0.15, 0.2) is 5.82 Å². The molecule has 6 rings (SSSR count). The molecule has 0 unspecified atom stereocenters. The Bertz CT molecular complexity index is 1210. The number of para-hydroxylation sites is 2. The first-order valence-electron chi connectivity index (χ1n) is 13.4. The van der Waals surface area contributed by atoms with Crippen LogP contribution in [0.5, 0.6) is 0 Å². The van der Waals surface area contributed by atoms with Crippen LogP contribution in [0.2, 0.25) is 0 Å². The molecule has 4 aliphatic rings. The smallest absolute Gasteiger partial charge is 0.326 e. The lowest BCUT2D eigenvalue weighted by molar-refractivity contribution is -0.140. The van der Waals surface area contributed by atoms with E-state index < -0.39 is 12.0 Å². The number of carboxylic acid groups (broad SMARTS) is 1. The van der Waals surface area contributed by atoms with Gasteiger partial charge in [0, 0.05) is 31.7 Å². The Morgan fingerprint density at radius 1 is 1.00 bits per heavy atom. The highest BCUT2D eigenvalue weighted by atomic mass is 16.4. The number of hydrogen-bond acceptors (Lipinski definition) is 5. The molecule has 35 heavy (non-hydrogen) atoms. The number of rotatable bonds is 4.